The van der Waals surface area contributed by atoms with Gasteiger partial charge in [-0.05, 0) is 10.8 Å². The van der Waals surface area contributed by atoms with Crippen LogP contribution in [0.2, 0.25) is 0 Å². The van der Waals surface area contributed by atoms with E-state index in [0.29, 0.717) is 15.6 Å². The lowest BCUT2D eigenvalue weighted by Gasteiger charge is -2.02. The molecule has 0 aliphatic heterocycles. The predicted octanol–water partition coefficient (Wildman–Crippen LogP) is 0.770. The minimum Gasteiger partial charge on any atom is -0.454 e. The Hall–Kier alpha value is -0.0962. The van der Waals surface area contributed by atoms with E-state index >= 15 is 0 Å². The second-order valence-corrected chi connectivity index (χ2v) is 3.82. The third-order valence-electron chi connectivity index (χ3n) is 1.32. The predicted molar refractivity (Wildman–Crippen MR) is 48.2 cm³/mol. The second-order valence-electron chi connectivity index (χ2n) is 1.99. The highest BCUT2D eigenvalue weighted by atomic mass is 35.5. The fraction of sp³-hybridized carbons (Fsp3) is 0.143. The molecule has 0 spiro atoms. The molecule has 11 heavy (non-hydrogen) atoms. The van der Waals surface area contributed by atoms with Crippen molar-refractivity contribution in [1.29, 1.82) is 0 Å². The van der Waals surface area contributed by atoms with E-state index in [1.165, 1.54) is 0 Å². The Labute approximate surface area is 77.2 Å². The number of halogens is 1. The zero-order valence-electron chi connectivity index (χ0n) is 5.80. The van der Waals surface area contributed by atoms with Crippen LogP contribution in [0.5, 0.6) is 0 Å². The van der Waals surface area contributed by atoms with Crippen molar-refractivity contribution in [2.24, 2.45) is 0 Å². The molecule has 0 fully saturated rings. The third-order valence-corrected chi connectivity index (χ3v) is 2.73. The third kappa shape index (κ3) is 2.45. The number of benzene rings is 1. The topological polar surface area (TPSA) is 9.23 Å². The summed E-state index contributed by atoms with van der Waals surface area (Å²) in [6, 6.07) is 7.96. The van der Waals surface area contributed by atoms with Crippen LogP contribution in [0.4, 0.5) is 0 Å². The van der Waals surface area contributed by atoms with Crippen LogP contribution in [-0.4, -0.2) is 20.2 Å². The summed E-state index contributed by atoms with van der Waals surface area (Å²) in [6.45, 7) is 0. The Morgan fingerprint density at radius 1 is 1.45 bits per heavy atom. The largest absolute Gasteiger partial charge is 0.454 e. The quantitative estimate of drug-likeness (QED) is 0.514. The Balaban J connectivity index is 2.83. The van der Waals surface area contributed by atoms with E-state index in [9.17, 15) is 0 Å². The fourth-order valence-electron chi connectivity index (χ4n) is 0.791. The summed E-state index contributed by atoms with van der Waals surface area (Å²) in [5, 5.41) is 1.15. The van der Waals surface area contributed by atoms with Crippen LogP contribution in [0.3, 0.4) is 0 Å². The molecule has 0 N–H and O–H groups in total. The minimum absolute atomic E-state index is 0.322. The van der Waals surface area contributed by atoms with Crippen LogP contribution in [0.1, 0.15) is 5.56 Å². The van der Waals surface area contributed by atoms with Crippen LogP contribution in [-0.2, 0) is 10.00 Å². The van der Waals surface area contributed by atoms with Gasteiger partial charge in [-0.1, -0.05) is 24.3 Å². The molecule has 0 aliphatic carbocycles. The summed E-state index contributed by atoms with van der Waals surface area (Å²) in [5.74, 6) is 0.540. The molecule has 0 unspecified atom stereocenters. The lowest BCUT2D eigenvalue weighted by molar-refractivity contribution is 0.676. The second kappa shape index (κ2) is 4.72. The summed E-state index contributed by atoms with van der Waals surface area (Å²) < 4.78 is 4.85. The molecule has 1 aromatic carbocycles. The highest BCUT2D eigenvalue weighted by molar-refractivity contribution is 6.51. The first-order chi connectivity index (χ1) is 5.38. The fourth-order valence-corrected chi connectivity index (χ4v) is 2.04. The normalized spacial score (nSPS) is 10.0. The van der Waals surface area contributed by atoms with Gasteiger partial charge in [-0.25, -0.2) is 0 Å². The van der Waals surface area contributed by atoms with E-state index in [-0.39, 0.29) is 0 Å². The Kier molecular flexibility index (Phi) is 3.86. The Bertz CT molecular complexity index is 229. The van der Waals surface area contributed by atoms with E-state index in [4.69, 9.17) is 15.7 Å². The molecule has 0 atom stereocenters. The van der Waals surface area contributed by atoms with E-state index in [0.717, 1.165) is 10.8 Å². The van der Waals surface area contributed by atoms with Crippen LogP contribution in [0.25, 0.3) is 0 Å². The minimum atomic E-state index is 0.322. The Morgan fingerprint density at radius 2 is 2.18 bits per heavy atom. The number of hydrogen-bond donors (Lipinski definition) is 0. The molecule has 0 aromatic heterocycles. The highest BCUT2D eigenvalue weighted by Crippen LogP contribution is 1.99. The van der Waals surface area contributed by atoms with E-state index in [1.807, 2.05) is 24.3 Å². The molecule has 0 aliphatic rings. The van der Waals surface area contributed by atoms with Gasteiger partial charge in [-0.15, -0.1) is 11.6 Å². The summed E-state index contributed by atoms with van der Waals surface area (Å²) >= 11 is 5.70. The molecule has 0 saturated heterocycles. The number of alkyl halides is 1. The number of hydrogen-bond acceptors (Lipinski definition) is 1. The van der Waals surface area contributed by atoms with Crippen molar-refractivity contribution in [1.82, 2.24) is 0 Å². The maximum atomic E-state index is 5.70. The zero-order valence-corrected chi connectivity index (χ0v) is 8.56. The highest BCUT2D eigenvalue weighted by Gasteiger charge is 1.99. The van der Waals surface area contributed by atoms with Gasteiger partial charge in [0.2, 0.25) is 10.5 Å². The molecule has 0 amide bonds. The van der Waals surface area contributed by atoms with Gasteiger partial charge in [-0.3, -0.25) is 0 Å². The standard InChI is InChI=1S/C7H6ClOSi2/c8-5-6-3-1-2-4-7(6)11-9-10/h1-4H,5H2. The van der Waals surface area contributed by atoms with Crippen LogP contribution in [0.15, 0.2) is 24.3 Å². The molecule has 4 heteroatoms. The van der Waals surface area contributed by atoms with E-state index in [1.54, 1.807) is 0 Å². The molecular formula is C7H6ClOSi2. The van der Waals surface area contributed by atoms with Gasteiger partial charge in [0.05, 0.1) is 0 Å². The molecule has 0 saturated carbocycles. The maximum absolute atomic E-state index is 5.70. The average Bonchev–Trinajstić information content (AvgIpc) is 2.06. The molecule has 1 rings (SSSR count). The average molecular weight is 198 g/mol. The number of rotatable bonds is 3. The van der Waals surface area contributed by atoms with E-state index < -0.39 is 0 Å². The van der Waals surface area contributed by atoms with Crippen molar-refractivity contribution in [3.05, 3.63) is 29.8 Å². The molecule has 5 radical (unpaired) electrons. The SMILES string of the molecule is [Si]O[Si]c1ccccc1CCl. The van der Waals surface area contributed by atoms with Crippen LogP contribution >= 0.6 is 11.6 Å². The summed E-state index contributed by atoms with van der Waals surface area (Å²) in [6.07, 6.45) is 0. The van der Waals surface area contributed by atoms with Crippen molar-refractivity contribution in [2.45, 2.75) is 5.88 Å². The smallest absolute Gasteiger partial charge is 0.256 e. The van der Waals surface area contributed by atoms with Gasteiger partial charge in [-0.2, -0.15) is 0 Å². The lowest BCUT2D eigenvalue weighted by atomic mass is 10.2. The van der Waals surface area contributed by atoms with E-state index in [2.05, 4.69) is 10.5 Å². The van der Waals surface area contributed by atoms with Crippen molar-refractivity contribution < 1.29 is 4.12 Å². The van der Waals surface area contributed by atoms with Gasteiger partial charge in [0, 0.05) is 5.88 Å². The van der Waals surface area contributed by atoms with Crippen molar-refractivity contribution >= 4 is 37.0 Å². The van der Waals surface area contributed by atoms with Crippen LogP contribution in [0, 0.1) is 0 Å². The first-order valence-electron chi connectivity index (χ1n) is 3.11. The Morgan fingerprint density at radius 3 is 2.82 bits per heavy atom. The maximum Gasteiger partial charge on any atom is 0.256 e. The molecular weight excluding hydrogens is 192 g/mol. The summed E-state index contributed by atoms with van der Waals surface area (Å²) in [5.41, 5.74) is 1.13. The lowest BCUT2D eigenvalue weighted by Crippen LogP contribution is -2.20. The van der Waals surface area contributed by atoms with Gasteiger partial charge in [0.1, 0.15) is 0 Å². The van der Waals surface area contributed by atoms with Crippen molar-refractivity contribution in [3.8, 4) is 0 Å². The van der Waals surface area contributed by atoms with Crippen molar-refractivity contribution in [3.63, 3.8) is 0 Å². The molecule has 0 bridgehead atoms. The summed E-state index contributed by atoms with van der Waals surface area (Å²) in [4.78, 5) is 0. The molecule has 1 nitrogen and oxygen atoms in total. The molecule has 1 aromatic rings. The molecule has 55 valence electrons. The summed E-state index contributed by atoms with van der Waals surface area (Å²) in [7, 11) is 3.29. The van der Waals surface area contributed by atoms with Crippen molar-refractivity contribution in [2.75, 3.05) is 0 Å². The van der Waals surface area contributed by atoms with Gasteiger partial charge < -0.3 is 4.12 Å². The first-order valence-corrected chi connectivity index (χ1v) is 4.96. The van der Waals surface area contributed by atoms with Crippen LogP contribution < -0.4 is 5.19 Å². The molecule has 0 heterocycles. The van der Waals surface area contributed by atoms with Gasteiger partial charge in [0.15, 0.2) is 0 Å². The monoisotopic (exact) mass is 197 g/mol. The van der Waals surface area contributed by atoms with Gasteiger partial charge in [0.25, 0.3) is 9.76 Å². The zero-order chi connectivity index (χ0) is 8.10. The first kappa shape index (κ1) is 9.00. The van der Waals surface area contributed by atoms with Gasteiger partial charge >= 0.3 is 0 Å².